The van der Waals surface area contributed by atoms with E-state index >= 15 is 0 Å². The summed E-state index contributed by atoms with van der Waals surface area (Å²) in [6, 6.07) is 12.5. The maximum Gasteiger partial charge on any atom is 0.317 e. The second kappa shape index (κ2) is 8.75. The van der Waals surface area contributed by atoms with Crippen molar-refractivity contribution in [2.45, 2.75) is 13.5 Å². The molecule has 1 aliphatic rings. The number of hydrogen-bond donors (Lipinski definition) is 1. The van der Waals surface area contributed by atoms with Gasteiger partial charge in [-0.2, -0.15) is 0 Å². The van der Waals surface area contributed by atoms with Crippen LogP contribution in [0.3, 0.4) is 0 Å². The second-order valence-electron chi connectivity index (χ2n) is 7.17. The summed E-state index contributed by atoms with van der Waals surface area (Å²) in [6.45, 7) is 4.87. The first-order chi connectivity index (χ1) is 14.5. The fourth-order valence-electron chi connectivity index (χ4n) is 3.44. The number of carbonyl (C=O) groups excluding carboxylic acids is 1. The average molecular weight is 429 g/mol. The highest BCUT2D eigenvalue weighted by atomic mass is 35.5. The van der Waals surface area contributed by atoms with Gasteiger partial charge in [0.1, 0.15) is 5.82 Å². The zero-order valence-electron chi connectivity index (χ0n) is 16.6. The Bertz CT molecular complexity index is 1030. The zero-order valence-corrected chi connectivity index (χ0v) is 17.3. The van der Waals surface area contributed by atoms with E-state index in [1.165, 1.54) is 12.1 Å². The number of nitrogens with one attached hydrogen (secondary N) is 1. The van der Waals surface area contributed by atoms with Crippen molar-refractivity contribution in [2.75, 3.05) is 31.1 Å². The Morgan fingerprint density at radius 2 is 1.90 bits per heavy atom. The van der Waals surface area contributed by atoms with E-state index in [9.17, 15) is 9.18 Å². The molecule has 2 aromatic carbocycles. The molecule has 8 heteroatoms. The van der Waals surface area contributed by atoms with Crippen molar-refractivity contribution in [2.24, 2.45) is 0 Å². The van der Waals surface area contributed by atoms with Crippen LogP contribution < -0.4 is 10.2 Å². The Labute approximate surface area is 179 Å². The fourth-order valence-corrected chi connectivity index (χ4v) is 3.64. The molecular formula is C22H22ClFN4O2. The van der Waals surface area contributed by atoms with Gasteiger partial charge < -0.3 is 19.5 Å². The summed E-state index contributed by atoms with van der Waals surface area (Å²) in [7, 11) is 0. The maximum atomic E-state index is 13.2. The first kappa shape index (κ1) is 20.2. The fraction of sp³-hybridized carbons (Fsp3) is 0.273. The minimum absolute atomic E-state index is 0.0554. The lowest BCUT2D eigenvalue weighted by atomic mass is 10.1. The Hall–Kier alpha value is -3.06. The highest BCUT2D eigenvalue weighted by Crippen LogP contribution is 2.24. The number of amides is 2. The zero-order chi connectivity index (χ0) is 21.1. The normalized spacial score (nSPS) is 14.1. The molecule has 1 saturated heterocycles. The lowest BCUT2D eigenvalue weighted by Gasteiger charge is -2.36. The highest BCUT2D eigenvalue weighted by Gasteiger charge is 2.21. The Balaban J connectivity index is 1.29. The van der Waals surface area contributed by atoms with Crippen molar-refractivity contribution in [3.05, 3.63) is 71.0 Å². The molecule has 0 bridgehead atoms. The van der Waals surface area contributed by atoms with Crippen molar-refractivity contribution in [1.29, 1.82) is 0 Å². The van der Waals surface area contributed by atoms with E-state index in [0.717, 1.165) is 35.7 Å². The molecule has 0 atom stereocenters. The molecule has 4 rings (SSSR count). The first-order valence-electron chi connectivity index (χ1n) is 9.74. The largest absolute Gasteiger partial charge is 0.441 e. The number of aromatic nitrogens is 1. The summed E-state index contributed by atoms with van der Waals surface area (Å²) in [5, 5.41) is 2.92. The van der Waals surface area contributed by atoms with Crippen LogP contribution in [0.15, 0.2) is 53.1 Å². The van der Waals surface area contributed by atoms with Crippen LogP contribution in [-0.4, -0.2) is 42.1 Å². The maximum absolute atomic E-state index is 13.2. The summed E-state index contributed by atoms with van der Waals surface area (Å²) >= 11 is 5.79. The predicted octanol–water partition coefficient (Wildman–Crippen LogP) is 4.47. The third-order valence-corrected chi connectivity index (χ3v) is 5.42. The van der Waals surface area contributed by atoms with Gasteiger partial charge in [-0.3, -0.25) is 0 Å². The van der Waals surface area contributed by atoms with Gasteiger partial charge in [0.25, 0.3) is 0 Å². The molecule has 2 heterocycles. The van der Waals surface area contributed by atoms with Gasteiger partial charge in [-0.05, 0) is 42.0 Å². The molecule has 156 valence electrons. The summed E-state index contributed by atoms with van der Waals surface area (Å²) < 4.78 is 18.8. The van der Waals surface area contributed by atoms with E-state index in [1.807, 2.05) is 19.1 Å². The minimum atomic E-state index is -0.466. The quantitative estimate of drug-likeness (QED) is 0.665. The van der Waals surface area contributed by atoms with Crippen LogP contribution in [0.25, 0.3) is 11.3 Å². The number of rotatable bonds is 4. The van der Waals surface area contributed by atoms with Gasteiger partial charge in [-0.15, -0.1) is 0 Å². The van der Waals surface area contributed by atoms with E-state index in [4.69, 9.17) is 16.0 Å². The third-order valence-electron chi connectivity index (χ3n) is 5.13. The van der Waals surface area contributed by atoms with Crippen LogP contribution in [0, 0.1) is 12.7 Å². The molecule has 1 aliphatic heterocycles. The molecule has 1 fully saturated rings. The third kappa shape index (κ3) is 4.57. The number of nitrogens with zero attached hydrogens (tertiary/aromatic N) is 3. The van der Waals surface area contributed by atoms with Crippen LogP contribution in [0.2, 0.25) is 5.02 Å². The summed E-state index contributed by atoms with van der Waals surface area (Å²) in [5.74, 6) is 0.931. The number of oxazole rings is 1. The van der Waals surface area contributed by atoms with E-state index < -0.39 is 5.82 Å². The van der Waals surface area contributed by atoms with Crippen molar-refractivity contribution < 1.29 is 13.6 Å². The number of carbonyl (C=O) groups is 1. The van der Waals surface area contributed by atoms with E-state index in [0.29, 0.717) is 25.5 Å². The Morgan fingerprint density at radius 3 is 2.53 bits per heavy atom. The molecule has 1 aromatic heterocycles. The van der Waals surface area contributed by atoms with Crippen LogP contribution in [0.1, 0.15) is 11.5 Å². The van der Waals surface area contributed by atoms with Gasteiger partial charge in [0.15, 0.2) is 11.7 Å². The van der Waals surface area contributed by atoms with Crippen LogP contribution in [0.4, 0.5) is 14.9 Å². The SMILES string of the molecule is Cc1ncc(-c2ccc(N3CCN(C(=O)NCc4ccc(F)c(Cl)c4)CC3)cc2)o1. The van der Waals surface area contributed by atoms with Crippen molar-refractivity contribution in [3.63, 3.8) is 0 Å². The van der Waals surface area contributed by atoms with Crippen LogP contribution >= 0.6 is 11.6 Å². The number of urea groups is 1. The van der Waals surface area contributed by atoms with E-state index in [1.54, 1.807) is 17.2 Å². The van der Waals surface area contributed by atoms with Gasteiger partial charge in [-0.1, -0.05) is 17.7 Å². The second-order valence-corrected chi connectivity index (χ2v) is 7.58. The van der Waals surface area contributed by atoms with Gasteiger partial charge >= 0.3 is 6.03 Å². The van der Waals surface area contributed by atoms with Crippen LogP contribution in [0.5, 0.6) is 0 Å². The molecule has 0 aliphatic carbocycles. The molecule has 1 N–H and O–H groups in total. The number of hydrogen-bond acceptors (Lipinski definition) is 4. The Kier molecular flexibility index (Phi) is 5.90. The predicted molar refractivity (Wildman–Crippen MR) is 114 cm³/mol. The van der Waals surface area contributed by atoms with Gasteiger partial charge in [0.05, 0.1) is 11.2 Å². The smallest absolute Gasteiger partial charge is 0.317 e. The highest BCUT2D eigenvalue weighted by molar-refractivity contribution is 6.30. The summed E-state index contributed by atoms with van der Waals surface area (Å²) in [4.78, 5) is 20.6. The number of anilines is 1. The number of piperazine rings is 1. The summed E-state index contributed by atoms with van der Waals surface area (Å²) in [6.07, 6.45) is 1.72. The molecule has 0 spiro atoms. The van der Waals surface area contributed by atoms with E-state index in [2.05, 4.69) is 27.3 Å². The molecular weight excluding hydrogens is 407 g/mol. The van der Waals surface area contributed by atoms with Gasteiger partial charge in [-0.25, -0.2) is 14.2 Å². The average Bonchev–Trinajstić information content (AvgIpc) is 3.21. The first-order valence-corrected chi connectivity index (χ1v) is 10.1. The lowest BCUT2D eigenvalue weighted by Crippen LogP contribution is -2.51. The molecule has 6 nitrogen and oxygen atoms in total. The van der Waals surface area contributed by atoms with Gasteiger partial charge in [0, 0.05) is 50.9 Å². The number of aryl methyl sites for hydroxylation is 1. The summed E-state index contributed by atoms with van der Waals surface area (Å²) in [5.41, 5.74) is 2.85. The minimum Gasteiger partial charge on any atom is -0.441 e. The molecule has 0 saturated carbocycles. The lowest BCUT2D eigenvalue weighted by molar-refractivity contribution is 0.194. The van der Waals surface area contributed by atoms with Gasteiger partial charge in [0.2, 0.25) is 0 Å². The van der Waals surface area contributed by atoms with Crippen molar-refractivity contribution in [1.82, 2.24) is 15.2 Å². The monoisotopic (exact) mass is 428 g/mol. The van der Waals surface area contributed by atoms with Crippen molar-refractivity contribution >= 4 is 23.3 Å². The van der Waals surface area contributed by atoms with E-state index in [-0.39, 0.29) is 11.1 Å². The topological polar surface area (TPSA) is 61.6 Å². The standard InChI is InChI=1S/C22H22ClFN4O2/c1-15-25-14-21(30-15)17-3-5-18(6-4-17)27-8-10-28(11-9-27)22(29)26-13-16-2-7-20(24)19(23)12-16/h2-7,12,14H,8-11,13H2,1H3,(H,26,29). The number of benzene rings is 2. The molecule has 0 unspecified atom stereocenters. The van der Waals surface area contributed by atoms with Crippen LogP contribution in [-0.2, 0) is 6.54 Å². The van der Waals surface area contributed by atoms with Crippen molar-refractivity contribution in [3.8, 4) is 11.3 Å². The molecule has 2 amide bonds. The molecule has 3 aromatic rings. The number of halogens is 2. The molecule has 30 heavy (non-hydrogen) atoms. The molecule has 0 radical (unpaired) electrons. The Morgan fingerprint density at radius 1 is 1.17 bits per heavy atom.